The molecule has 0 aliphatic rings. The molecule has 1 unspecified atom stereocenters. The minimum atomic E-state index is -0.285. The molecule has 0 aliphatic heterocycles. The van der Waals surface area contributed by atoms with E-state index in [1.165, 1.54) is 0 Å². The molecule has 1 rings (SSSR count). The minimum Gasteiger partial charge on any atom is -0.491 e. The Morgan fingerprint density at radius 1 is 1.19 bits per heavy atom. The fraction of sp³-hybridized carbons (Fsp3) is 0.588. The van der Waals surface area contributed by atoms with Gasteiger partial charge in [-0.05, 0) is 65.3 Å². The smallest absolute Gasteiger partial charge is 0.242 e. The maximum atomic E-state index is 12.1. The maximum Gasteiger partial charge on any atom is 0.242 e. The summed E-state index contributed by atoms with van der Waals surface area (Å²) < 4.78 is 5.59. The van der Waals surface area contributed by atoms with Crippen molar-refractivity contribution in [3.8, 4) is 5.75 Å². The number of rotatable bonds is 7. The Balaban J connectivity index is 2.58. The Hall–Kier alpha value is -1.71. The highest BCUT2D eigenvalue weighted by molar-refractivity contribution is 5.84. The highest BCUT2D eigenvalue weighted by Gasteiger charge is 2.21. The van der Waals surface area contributed by atoms with Gasteiger partial charge in [-0.2, -0.15) is 0 Å². The number of benzene rings is 1. The van der Waals surface area contributed by atoms with Crippen LogP contribution in [-0.4, -0.2) is 23.6 Å². The van der Waals surface area contributed by atoms with Gasteiger partial charge in [0.05, 0.1) is 6.10 Å². The van der Waals surface area contributed by atoms with Crippen molar-refractivity contribution in [2.24, 2.45) is 0 Å². The Bertz CT molecular complexity index is 452. The van der Waals surface area contributed by atoms with E-state index < -0.39 is 0 Å². The van der Waals surface area contributed by atoms with Crippen LogP contribution in [0.15, 0.2) is 24.3 Å². The first-order valence-corrected chi connectivity index (χ1v) is 7.59. The van der Waals surface area contributed by atoms with E-state index in [-0.39, 0.29) is 23.6 Å². The Morgan fingerprint density at radius 3 is 2.24 bits per heavy atom. The van der Waals surface area contributed by atoms with Crippen LogP contribution in [0.1, 0.15) is 48.0 Å². The molecule has 0 fully saturated rings. The normalized spacial score (nSPS) is 12.9. The molecular weight excluding hydrogens is 264 g/mol. The van der Waals surface area contributed by atoms with E-state index in [1.54, 1.807) is 0 Å². The molecule has 4 heteroatoms. The van der Waals surface area contributed by atoms with Gasteiger partial charge >= 0.3 is 0 Å². The predicted octanol–water partition coefficient (Wildman–Crippen LogP) is 3.58. The number of anilines is 1. The number of nitrogens with one attached hydrogen (secondary N) is 2. The summed E-state index contributed by atoms with van der Waals surface area (Å²) in [7, 11) is 0. The second-order valence-electron chi connectivity index (χ2n) is 6.28. The predicted molar refractivity (Wildman–Crippen MR) is 87.8 cm³/mol. The van der Waals surface area contributed by atoms with E-state index in [2.05, 4.69) is 17.6 Å². The molecule has 1 amide bonds. The van der Waals surface area contributed by atoms with Crippen molar-refractivity contribution >= 4 is 11.6 Å². The maximum absolute atomic E-state index is 12.1. The molecule has 0 heterocycles. The molecule has 0 aliphatic carbocycles. The molecule has 1 aromatic carbocycles. The van der Waals surface area contributed by atoms with Crippen LogP contribution in [0.3, 0.4) is 0 Å². The van der Waals surface area contributed by atoms with E-state index >= 15 is 0 Å². The molecule has 0 aromatic heterocycles. The van der Waals surface area contributed by atoms with E-state index in [1.807, 2.05) is 58.9 Å². The summed E-state index contributed by atoms with van der Waals surface area (Å²) in [5, 5.41) is 6.24. The molecule has 0 saturated carbocycles. The average Bonchev–Trinajstić information content (AvgIpc) is 2.40. The van der Waals surface area contributed by atoms with Crippen molar-refractivity contribution in [2.45, 2.75) is 65.6 Å². The summed E-state index contributed by atoms with van der Waals surface area (Å²) in [4.78, 5) is 12.1. The van der Waals surface area contributed by atoms with Crippen LogP contribution in [0.2, 0.25) is 0 Å². The van der Waals surface area contributed by atoms with Crippen molar-refractivity contribution in [3.05, 3.63) is 24.3 Å². The fourth-order valence-corrected chi connectivity index (χ4v) is 1.75. The lowest BCUT2D eigenvalue weighted by atomic mass is 10.0. The van der Waals surface area contributed by atoms with Crippen LogP contribution in [0.25, 0.3) is 0 Å². The van der Waals surface area contributed by atoms with Crippen LogP contribution in [0, 0.1) is 0 Å². The summed E-state index contributed by atoms with van der Waals surface area (Å²) in [6.45, 7) is 12.0. The highest BCUT2D eigenvalue weighted by atomic mass is 16.5. The number of ether oxygens (including phenoxy) is 1. The van der Waals surface area contributed by atoms with Crippen molar-refractivity contribution in [3.63, 3.8) is 0 Å². The quantitative estimate of drug-likeness (QED) is 0.807. The van der Waals surface area contributed by atoms with E-state index in [9.17, 15) is 4.79 Å². The van der Waals surface area contributed by atoms with Crippen molar-refractivity contribution in [2.75, 3.05) is 5.32 Å². The first-order chi connectivity index (χ1) is 9.73. The van der Waals surface area contributed by atoms with Crippen LogP contribution in [-0.2, 0) is 4.79 Å². The van der Waals surface area contributed by atoms with Crippen LogP contribution in [0.5, 0.6) is 5.75 Å². The largest absolute Gasteiger partial charge is 0.491 e. The molecule has 0 spiro atoms. The molecular formula is C17H28N2O2. The summed E-state index contributed by atoms with van der Waals surface area (Å²) in [6.07, 6.45) is 1.05. The third-order valence-electron chi connectivity index (χ3n) is 3.35. The van der Waals surface area contributed by atoms with Crippen LogP contribution >= 0.6 is 0 Å². The third kappa shape index (κ3) is 6.06. The fourth-order valence-electron chi connectivity index (χ4n) is 1.75. The van der Waals surface area contributed by atoms with Crippen LogP contribution < -0.4 is 15.4 Å². The zero-order valence-electron chi connectivity index (χ0n) is 14.0. The topological polar surface area (TPSA) is 50.4 Å². The first kappa shape index (κ1) is 17.3. The van der Waals surface area contributed by atoms with Crippen molar-refractivity contribution in [1.29, 1.82) is 0 Å². The number of hydrogen-bond donors (Lipinski definition) is 2. The van der Waals surface area contributed by atoms with Crippen LogP contribution in [0.4, 0.5) is 5.69 Å². The van der Waals surface area contributed by atoms with Gasteiger partial charge in [-0.15, -0.1) is 0 Å². The van der Waals surface area contributed by atoms with Gasteiger partial charge in [0.1, 0.15) is 11.8 Å². The summed E-state index contributed by atoms with van der Waals surface area (Å²) in [5.41, 5.74) is 0.727. The van der Waals surface area contributed by atoms with Gasteiger partial charge < -0.3 is 15.4 Å². The average molecular weight is 292 g/mol. The SMILES string of the molecule is CCC(C)(C)NC(=O)C(C)Nc1ccc(OC(C)C)cc1. The lowest BCUT2D eigenvalue weighted by Crippen LogP contribution is -2.48. The molecule has 21 heavy (non-hydrogen) atoms. The monoisotopic (exact) mass is 292 g/mol. The minimum absolute atomic E-state index is 0.00403. The van der Waals surface area contributed by atoms with Gasteiger partial charge in [0.2, 0.25) is 5.91 Å². The Labute approximate surface area is 128 Å². The highest BCUT2D eigenvalue weighted by Crippen LogP contribution is 2.17. The second-order valence-corrected chi connectivity index (χ2v) is 6.28. The molecule has 4 nitrogen and oxygen atoms in total. The number of amides is 1. The standard InChI is InChI=1S/C17H28N2O2/c1-7-17(5,6)19-16(20)13(4)18-14-8-10-15(11-9-14)21-12(2)3/h8-13,18H,7H2,1-6H3,(H,19,20). The van der Waals surface area contributed by atoms with E-state index in [0.717, 1.165) is 17.9 Å². The molecule has 0 bridgehead atoms. The van der Waals surface area contributed by atoms with Gasteiger partial charge in [-0.1, -0.05) is 6.92 Å². The van der Waals surface area contributed by atoms with E-state index in [0.29, 0.717) is 0 Å². The van der Waals surface area contributed by atoms with Gasteiger partial charge in [-0.3, -0.25) is 4.79 Å². The third-order valence-corrected chi connectivity index (χ3v) is 3.35. The molecule has 2 N–H and O–H groups in total. The van der Waals surface area contributed by atoms with Gasteiger partial charge in [-0.25, -0.2) is 0 Å². The molecule has 1 aromatic rings. The summed E-state index contributed by atoms with van der Waals surface area (Å²) >= 11 is 0. The Kier molecular flexibility index (Phi) is 6.06. The van der Waals surface area contributed by atoms with Crippen molar-refractivity contribution in [1.82, 2.24) is 5.32 Å². The zero-order chi connectivity index (χ0) is 16.0. The van der Waals surface area contributed by atoms with Gasteiger partial charge in [0.15, 0.2) is 0 Å². The lowest BCUT2D eigenvalue weighted by molar-refractivity contribution is -0.123. The molecule has 118 valence electrons. The van der Waals surface area contributed by atoms with Gasteiger partial charge in [0.25, 0.3) is 0 Å². The summed E-state index contributed by atoms with van der Waals surface area (Å²) in [6, 6.07) is 7.37. The number of hydrogen-bond acceptors (Lipinski definition) is 3. The summed E-state index contributed by atoms with van der Waals surface area (Å²) in [5.74, 6) is 0.837. The molecule has 1 atom stereocenters. The Morgan fingerprint density at radius 2 is 1.76 bits per heavy atom. The molecule has 0 radical (unpaired) electrons. The zero-order valence-corrected chi connectivity index (χ0v) is 14.0. The number of carbonyl (C=O) groups excluding carboxylic acids is 1. The van der Waals surface area contributed by atoms with Crippen molar-refractivity contribution < 1.29 is 9.53 Å². The number of carbonyl (C=O) groups is 1. The van der Waals surface area contributed by atoms with E-state index in [4.69, 9.17) is 4.74 Å². The second kappa shape index (κ2) is 7.34. The lowest BCUT2D eigenvalue weighted by Gasteiger charge is -2.27. The first-order valence-electron chi connectivity index (χ1n) is 7.59. The van der Waals surface area contributed by atoms with Gasteiger partial charge in [0, 0.05) is 11.2 Å². The molecule has 0 saturated heterocycles.